The summed E-state index contributed by atoms with van der Waals surface area (Å²) < 4.78 is 0. The highest BCUT2D eigenvalue weighted by molar-refractivity contribution is 6.30. The first kappa shape index (κ1) is 24.4. The monoisotopic (exact) mass is 484 g/mol. The second-order valence-electron chi connectivity index (χ2n) is 9.61. The van der Waals surface area contributed by atoms with Gasteiger partial charge in [-0.05, 0) is 30.5 Å². The maximum Gasteiger partial charge on any atom is 0.231 e. The van der Waals surface area contributed by atoms with Crippen LogP contribution in [-0.4, -0.2) is 64.9 Å². The number of hydrogen-bond donors (Lipinski definition) is 2. The molecule has 1 aromatic heterocycles. The molecular formula is C25H33ClN6O2. The summed E-state index contributed by atoms with van der Waals surface area (Å²) in [5, 5.41) is 6.96. The summed E-state index contributed by atoms with van der Waals surface area (Å²) in [5.41, 5.74) is 1.95. The van der Waals surface area contributed by atoms with Gasteiger partial charge in [0.1, 0.15) is 18.0 Å². The van der Waals surface area contributed by atoms with E-state index in [2.05, 4.69) is 46.3 Å². The van der Waals surface area contributed by atoms with Crippen molar-refractivity contribution in [2.75, 3.05) is 36.4 Å². The second kappa shape index (κ2) is 10.3. The SMILES string of the molecule is CC(C)NC[C@@H](C(=O)N1CCN(c2ncnc3c2[C@H](C)CC(=O)N3)C[C@H]1C)c1ccc(Cl)cc1. The fourth-order valence-corrected chi connectivity index (χ4v) is 4.95. The van der Waals surface area contributed by atoms with Crippen molar-refractivity contribution in [3.05, 3.63) is 46.7 Å². The number of hydrogen-bond acceptors (Lipinski definition) is 6. The number of halogens is 1. The first-order chi connectivity index (χ1) is 16.2. The molecule has 0 bridgehead atoms. The Kier molecular flexibility index (Phi) is 7.38. The predicted molar refractivity (Wildman–Crippen MR) is 134 cm³/mol. The van der Waals surface area contributed by atoms with Crippen molar-refractivity contribution in [1.82, 2.24) is 20.2 Å². The molecule has 0 spiro atoms. The van der Waals surface area contributed by atoms with Gasteiger partial charge >= 0.3 is 0 Å². The Labute approximate surface area is 206 Å². The highest BCUT2D eigenvalue weighted by Gasteiger charge is 2.35. The van der Waals surface area contributed by atoms with Crippen LogP contribution in [0.2, 0.25) is 5.02 Å². The highest BCUT2D eigenvalue weighted by atomic mass is 35.5. The maximum absolute atomic E-state index is 13.7. The maximum atomic E-state index is 13.7. The van der Waals surface area contributed by atoms with Crippen LogP contribution in [0.4, 0.5) is 11.6 Å². The number of piperazine rings is 1. The molecule has 2 aliphatic heterocycles. The molecule has 0 aliphatic carbocycles. The number of amides is 2. The topological polar surface area (TPSA) is 90.5 Å². The molecule has 3 heterocycles. The number of aromatic nitrogens is 2. The molecule has 1 aromatic carbocycles. The van der Waals surface area contributed by atoms with Gasteiger partial charge in [0.05, 0.1) is 5.92 Å². The second-order valence-corrected chi connectivity index (χ2v) is 10.0. The molecule has 2 amide bonds. The number of anilines is 2. The molecule has 0 unspecified atom stereocenters. The summed E-state index contributed by atoms with van der Waals surface area (Å²) in [6.07, 6.45) is 1.93. The van der Waals surface area contributed by atoms with Crippen LogP contribution in [0.15, 0.2) is 30.6 Å². The van der Waals surface area contributed by atoms with Crippen molar-refractivity contribution in [3.63, 3.8) is 0 Å². The van der Waals surface area contributed by atoms with E-state index in [4.69, 9.17) is 11.6 Å². The minimum Gasteiger partial charge on any atom is -0.352 e. The lowest BCUT2D eigenvalue weighted by Crippen LogP contribution is -2.56. The fourth-order valence-electron chi connectivity index (χ4n) is 4.83. The van der Waals surface area contributed by atoms with E-state index in [1.165, 1.54) is 6.33 Å². The summed E-state index contributed by atoms with van der Waals surface area (Å²) in [5.74, 6) is 1.32. The van der Waals surface area contributed by atoms with Crippen molar-refractivity contribution < 1.29 is 9.59 Å². The Balaban J connectivity index is 1.52. The minimum atomic E-state index is -0.282. The Morgan fingerprint density at radius 2 is 1.94 bits per heavy atom. The van der Waals surface area contributed by atoms with Gasteiger partial charge in [0.15, 0.2) is 0 Å². The first-order valence-corrected chi connectivity index (χ1v) is 12.3. The van der Waals surface area contributed by atoms with Gasteiger partial charge in [-0.3, -0.25) is 9.59 Å². The Morgan fingerprint density at radius 1 is 1.21 bits per heavy atom. The summed E-state index contributed by atoms with van der Waals surface area (Å²) in [7, 11) is 0. The molecule has 8 nitrogen and oxygen atoms in total. The number of benzene rings is 1. The Bertz CT molecular complexity index is 1040. The summed E-state index contributed by atoms with van der Waals surface area (Å²) >= 11 is 6.09. The largest absolute Gasteiger partial charge is 0.352 e. The van der Waals surface area contributed by atoms with Gasteiger partial charge in [0, 0.05) is 55.3 Å². The van der Waals surface area contributed by atoms with Crippen LogP contribution >= 0.6 is 11.6 Å². The molecule has 182 valence electrons. The predicted octanol–water partition coefficient (Wildman–Crippen LogP) is 3.39. The molecule has 2 aromatic rings. The van der Waals surface area contributed by atoms with Gasteiger partial charge < -0.3 is 20.4 Å². The third-order valence-electron chi connectivity index (χ3n) is 6.62. The van der Waals surface area contributed by atoms with E-state index in [0.29, 0.717) is 43.4 Å². The normalized spacial score (nSPS) is 21.3. The van der Waals surface area contributed by atoms with Crippen molar-refractivity contribution in [2.24, 2.45) is 0 Å². The molecule has 2 aliphatic rings. The average molecular weight is 485 g/mol. The summed E-state index contributed by atoms with van der Waals surface area (Å²) in [6, 6.07) is 7.85. The van der Waals surface area contributed by atoms with Gasteiger partial charge in [-0.25, -0.2) is 9.97 Å². The van der Waals surface area contributed by atoms with Crippen LogP contribution in [0, 0.1) is 0 Å². The average Bonchev–Trinajstić information content (AvgIpc) is 2.79. The van der Waals surface area contributed by atoms with Crippen LogP contribution in [0.25, 0.3) is 0 Å². The lowest BCUT2D eigenvalue weighted by atomic mass is 9.93. The third kappa shape index (κ3) is 5.18. The number of nitrogens with one attached hydrogen (secondary N) is 2. The van der Waals surface area contributed by atoms with Crippen molar-refractivity contribution in [1.29, 1.82) is 0 Å². The third-order valence-corrected chi connectivity index (χ3v) is 6.87. The standard InChI is InChI=1S/C25H33ClN6O2/c1-15(2)27-12-20(18-5-7-19(26)8-6-18)25(34)32-10-9-31(13-17(32)4)24-22-16(3)11-21(33)30-23(22)28-14-29-24/h5-8,14-17,20,27H,9-13H2,1-4H3,(H,28,29,30,33)/t16-,17-,20-/m1/s1. The van der Waals surface area contributed by atoms with Gasteiger partial charge in [-0.2, -0.15) is 0 Å². The lowest BCUT2D eigenvalue weighted by Gasteiger charge is -2.43. The number of carbonyl (C=O) groups excluding carboxylic acids is 2. The van der Waals surface area contributed by atoms with E-state index in [9.17, 15) is 9.59 Å². The van der Waals surface area contributed by atoms with E-state index in [1.54, 1.807) is 0 Å². The molecule has 2 N–H and O–H groups in total. The van der Waals surface area contributed by atoms with Crippen LogP contribution in [0.1, 0.15) is 57.1 Å². The highest BCUT2D eigenvalue weighted by Crippen LogP contribution is 2.37. The first-order valence-electron chi connectivity index (χ1n) is 11.9. The molecule has 34 heavy (non-hydrogen) atoms. The summed E-state index contributed by atoms with van der Waals surface area (Å²) in [4.78, 5) is 38.7. The van der Waals surface area contributed by atoms with Gasteiger partial charge in [-0.1, -0.05) is 44.5 Å². The van der Waals surface area contributed by atoms with E-state index in [0.717, 1.165) is 16.9 Å². The summed E-state index contributed by atoms with van der Waals surface area (Å²) in [6.45, 7) is 10.8. The van der Waals surface area contributed by atoms with E-state index < -0.39 is 0 Å². The molecule has 9 heteroatoms. The minimum absolute atomic E-state index is 0.00852. The zero-order valence-corrected chi connectivity index (χ0v) is 21.0. The molecule has 1 saturated heterocycles. The van der Waals surface area contributed by atoms with Crippen LogP contribution in [0.5, 0.6) is 0 Å². The van der Waals surface area contributed by atoms with Crippen LogP contribution < -0.4 is 15.5 Å². The van der Waals surface area contributed by atoms with Crippen LogP contribution in [-0.2, 0) is 9.59 Å². The van der Waals surface area contributed by atoms with Gasteiger partial charge in [-0.15, -0.1) is 0 Å². The zero-order valence-electron chi connectivity index (χ0n) is 20.2. The molecule has 1 fully saturated rings. The number of nitrogens with zero attached hydrogens (tertiary/aromatic N) is 4. The quantitative estimate of drug-likeness (QED) is 0.653. The molecular weight excluding hydrogens is 452 g/mol. The van der Waals surface area contributed by atoms with Crippen molar-refractivity contribution >= 4 is 35.1 Å². The molecule has 4 rings (SSSR count). The van der Waals surface area contributed by atoms with E-state index in [1.807, 2.05) is 36.1 Å². The zero-order chi connectivity index (χ0) is 24.4. The molecule has 0 saturated carbocycles. The lowest BCUT2D eigenvalue weighted by molar-refractivity contribution is -0.135. The van der Waals surface area contributed by atoms with Gasteiger partial charge in [0.2, 0.25) is 11.8 Å². The van der Waals surface area contributed by atoms with Crippen molar-refractivity contribution in [3.8, 4) is 0 Å². The molecule has 3 atom stereocenters. The van der Waals surface area contributed by atoms with Crippen LogP contribution in [0.3, 0.4) is 0 Å². The number of fused-ring (bicyclic) bond motifs is 1. The van der Waals surface area contributed by atoms with E-state index in [-0.39, 0.29) is 35.7 Å². The fraction of sp³-hybridized carbons (Fsp3) is 0.520. The Morgan fingerprint density at radius 3 is 2.62 bits per heavy atom. The van der Waals surface area contributed by atoms with Crippen molar-refractivity contribution in [2.45, 2.75) is 58.0 Å². The molecule has 0 radical (unpaired) electrons. The number of rotatable bonds is 6. The van der Waals surface area contributed by atoms with E-state index >= 15 is 0 Å². The van der Waals surface area contributed by atoms with Gasteiger partial charge in [0.25, 0.3) is 0 Å². The number of carbonyl (C=O) groups is 2. The Hall–Kier alpha value is -2.71. The smallest absolute Gasteiger partial charge is 0.231 e.